The molecule has 0 aromatic heterocycles. The monoisotopic (exact) mass is 180 g/mol. The lowest BCUT2D eigenvalue weighted by molar-refractivity contribution is 0.626. The first kappa shape index (κ1) is 9.71. The number of hydrogen-bond donors (Lipinski definition) is 1. The molecule has 0 saturated carbocycles. The van der Waals surface area contributed by atoms with Crippen LogP contribution in [-0.4, -0.2) is 12.4 Å². The van der Waals surface area contributed by atoms with Gasteiger partial charge in [-0.05, 0) is 26.0 Å². The summed E-state index contributed by atoms with van der Waals surface area (Å²) in [6.45, 7) is 4.15. The molecule has 1 rings (SSSR count). The molecule has 0 unspecified atom stereocenters. The second-order valence-corrected chi connectivity index (χ2v) is 2.78. The van der Waals surface area contributed by atoms with E-state index in [0.717, 1.165) is 0 Å². The molecule has 0 aliphatic carbocycles. The topological polar surface area (TPSA) is 27.1 Å². The highest BCUT2D eigenvalue weighted by atomic mass is 19.1. The molecule has 0 spiro atoms. The van der Waals surface area contributed by atoms with Crippen LogP contribution in [0.1, 0.15) is 13.8 Å². The summed E-state index contributed by atoms with van der Waals surface area (Å²) in [7, 11) is 0. The van der Waals surface area contributed by atoms with E-state index in [1.807, 2.05) is 6.92 Å². The van der Waals surface area contributed by atoms with Gasteiger partial charge in [0.15, 0.2) is 0 Å². The average Bonchev–Trinajstić information content (AvgIpc) is 2.09. The predicted octanol–water partition coefficient (Wildman–Crippen LogP) is 2.65. The normalized spacial score (nSPS) is 9.77. The average molecular weight is 180 g/mol. The number of nitrogens with zero attached hydrogens (tertiary/aromatic N) is 1. The van der Waals surface area contributed by atoms with Gasteiger partial charge >= 0.3 is 0 Å². The summed E-state index contributed by atoms with van der Waals surface area (Å²) in [5, 5.41) is 7.44. The second-order valence-electron chi connectivity index (χ2n) is 2.78. The molecule has 0 amide bonds. The quantitative estimate of drug-likeness (QED) is 0.549. The number of para-hydroxylation sites is 1. The van der Waals surface area contributed by atoms with Crippen molar-refractivity contribution in [3.05, 3.63) is 30.1 Å². The van der Waals surface area contributed by atoms with Crippen molar-refractivity contribution >= 4 is 11.5 Å². The molecule has 0 saturated heterocycles. The van der Waals surface area contributed by atoms with Crippen molar-refractivity contribution in [1.82, 2.24) is 0 Å². The molecule has 0 heterocycles. The number of hydrogen-bond acceptors (Lipinski definition) is 1. The molecule has 0 aliphatic rings. The fourth-order valence-corrected chi connectivity index (χ4v) is 1.26. The Bertz CT molecular complexity index is 310. The van der Waals surface area contributed by atoms with Gasteiger partial charge in [-0.3, -0.25) is 5.41 Å². The summed E-state index contributed by atoms with van der Waals surface area (Å²) in [5.74, 6) is 0.0727. The Morgan fingerprint density at radius 2 is 2.08 bits per heavy atom. The van der Waals surface area contributed by atoms with Crippen molar-refractivity contribution < 1.29 is 4.39 Å². The Morgan fingerprint density at radius 1 is 1.46 bits per heavy atom. The maximum atomic E-state index is 13.2. The molecule has 3 heteroatoms. The standard InChI is InChI=1S/C10H13FN2/c1-3-13(8(2)12)10-7-5-4-6-9(10)11/h4-7,12H,3H2,1-2H3. The smallest absolute Gasteiger partial charge is 0.146 e. The Kier molecular flexibility index (Phi) is 3.01. The van der Waals surface area contributed by atoms with Crippen LogP contribution in [0, 0.1) is 11.2 Å². The minimum Gasteiger partial charge on any atom is -0.328 e. The lowest BCUT2D eigenvalue weighted by Gasteiger charge is -2.21. The minimum absolute atomic E-state index is 0.282. The molecule has 0 aliphatic heterocycles. The van der Waals surface area contributed by atoms with Crippen LogP contribution < -0.4 is 4.90 Å². The number of nitrogens with one attached hydrogen (secondary N) is 1. The molecule has 13 heavy (non-hydrogen) atoms. The Morgan fingerprint density at radius 3 is 2.54 bits per heavy atom. The zero-order chi connectivity index (χ0) is 9.84. The highest BCUT2D eigenvalue weighted by Crippen LogP contribution is 2.18. The molecule has 1 aromatic carbocycles. The molecule has 0 radical (unpaired) electrons. The summed E-state index contributed by atoms with van der Waals surface area (Å²) in [6.07, 6.45) is 0. The molecule has 70 valence electrons. The van der Waals surface area contributed by atoms with Gasteiger partial charge in [-0.15, -0.1) is 0 Å². The largest absolute Gasteiger partial charge is 0.328 e. The van der Waals surface area contributed by atoms with Gasteiger partial charge < -0.3 is 4.90 Å². The van der Waals surface area contributed by atoms with Crippen molar-refractivity contribution in [2.24, 2.45) is 0 Å². The maximum absolute atomic E-state index is 13.2. The van der Waals surface area contributed by atoms with E-state index >= 15 is 0 Å². The van der Waals surface area contributed by atoms with E-state index in [0.29, 0.717) is 18.1 Å². The Labute approximate surface area is 77.5 Å². The first-order chi connectivity index (χ1) is 6.16. The SMILES string of the molecule is CCN(C(C)=N)c1ccccc1F. The van der Waals surface area contributed by atoms with Gasteiger partial charge in [-0.25, -0.2) is 4.39 Å². The lowest BCUT2D eigenvalue weighted by atomic mass is 10.2. The van der Waals surface area contributed by atoms with Crippen molar-refractivity contribution in [3.8, 4) is 0 Å². The Hall–Kier alpha value is -1.38. The highest BCUT2D eigenvalue weighted by molar-refractivity contribution is 5.93. The number of rotatable bonds is 2. The van der Waals surface area contributed by atoms with E-state index in [4.69, 9.17) is 5.41 Å². The molecule has 0 fully saturated rings. The fraction of sp³-hybridized carbons (Fsp3) is 0.300. The van der Waals surface area contributed by atoms with Gasteiger partial charge in [0.05, 0.1) is 11.5 Å². The summed E-state index contributed by atoms with van der Waals surface area (Å²) in [5.41, 5.74) is 0.470. The van der Waals surface area contributed by atoms with E-state index in [9.17, 15) is 4.39 Å². The highest BCUT2D eigenvalue weighted by Gasteiger charge is 2.09. The Balaban J connectivity index is 3.04. The van der Waals surface area contributed by atoms with Crippen molar-refractivity contribution in [3.63, 3.8) is 0 Å². The molecular formula is C10H13FN2. The van der Waals surface area contributed by atoms with Crippen molar-refractivity contribution in [1.29, 1.82) is 5.41 Å². The van der Waals surface area contributed by atoms with Gasteiger partial charge in [0.25, 0.3) is 0 Å². The van der Waals surface area contributed by atoms with Crippen LogP contribution in [0.5, 0.6) is 0 Å². The second kappa shape index (κ2) is 4.03. The van der Waals surface area contributed by atoms with Crippen LogP contribution in [0.2, 0.25) is 0 Å². The number of amidine groups is 1. The van der Waals surface area contributed by atoms with E-state index in [1.54, 1.807) is 30.0 Å². The van der Waals surface area contributed by atoms with Gasteiger partial charge in [-0.1, -0.05) is 12.1 Å². The molecule has 0 bridgehead atoms. The molecular weight excluding hydrogens is 167 g/mol. The number of anilines is 1. The van der Waals surface area contributed by atoms with Crippen LogP contribution in [0.3, 0.4) is 0 Å². The minimum atomic E-state index is -0.282. The third kappa shape index (κ3) is 2.05. The van der Waals surface area contributed by atoms with Crippen LogP contribution in [0.4, 0.5) is 10.1 Å². The van der Waals surface area contributed by atoms with E-state index in [2.05, 4.69) is 0 Å². The zero-order valence-corrected chi connectivity index (χ0v) is 7.84. The van der Waals surface area contributed by atoms with Crippen LogP contribution in [0.25, 0.3) is 0 Å². The molecule has 0 atom stereocenters. The predicted molar refractivity (Wildman–Crippen MR) is 52.8 cm³/mol. The summed E-state index contributed by atoms with van der Waals surface area (Å²) in [4.78, 5) is 1.62. The lowest BCUT2D eigenvalue weighted by Crippen LogP contribution is -2.28. The third-order valence-electron chi connectivity index (χ3n) is 1.86. The van der Waals surface area contributed by atoms with Crippen molar-refractivity contribution in [2.75, 3.05) is 11.4 Å². The summed E-state index contributed by atoms with van der Waals surface area (Å²) < 4.78 is 13.2. The molecule has 2 nitrogen and oxygen atoms in total. The van der Waals surface area contributed by atoms with Gasteiger partial charge in [0.1, 0.15) is 5.82 Å². The maximum Gasteiger partial charge on any atom is 0.146 e. The third-order valence-corrected chi connectivity index (χ3v) is 1.86. The molecule has 1 N–H and O–H groups in total. The van der Waals surface area contributed by atoms with Crippen molar-refractivity contribution in [2.45, 2.75) is 13.8 Å². The fourth-order valence-electron chi connectivity index (χ4n) is 1.26. The molecule has 1 aromatic rings. The van der Waals surface area contributed by atoms with E-state index < -0.39 is 0 Å². The van der Waals surface area contributed by atoms with Crippen LogP contribution in [0.15, 0.2) is 24.3 Å². The number of benzene rings is 1. The first-order valence-corrected chi connectivity index (χ1v) is 4.24. The summed E-state index contributed by atoms with van der Waals surface area (Å²) >= 11 is 0. The van der Waals surface area contributed by atoms with Gasteiger partial charge in [-0.2, -0.15) is 0 Å². The van der Waals surface area contributed by atoms with Gasteiger partial charge in [0.2, 0.25) is 0 Å². The number of halogens is 1. The van der Waals surface area contributed by atoms with Crippen LogP contribution >= 0.6 is 0 Å². The first-order valence-electron chi connectivity index (χ1n) is 4.24. The summed E-state index contributed by atoms with van der Waals surface area (Å²) in [6, 6.07) is 6.49. The van der Waals surface area contributed by atoms with E-state index in [-0.39, 0.29) is 5.82 Å². The van der Waals surface area contributed by atoms with Gasteiger partial charge in [0, 0.05) is 6.54 Å². The van der Waals surface area contributed by atoms with Crippen LogP contribution in [-0.2, 0) is 0 Å². The zero-order valence-electron chi connectivity index (χ0n) is 7.84. The van der Waals surface area contributed by atoms with E-state index in [1.165, 1.54) is 6.07 Å².